The van der Waals surface area contributed by atoms with Crippen LogP contribution in [0.4, 0.5) is 0 Å². The van der Waals surface area contributed by atoms with Gasteiger partial charge in [-0.25, -0.2) is 0 Å². The summed E-state index contributed by atoms with van der Waals surface area (Å²) < 4.78 is 5.35. The Hall–Kier alpha value is -0.280. The molecular formula is C11H20ClNO2. The topological polar surface area (TPSA) is 29.5 Å². The van der Waals surface area contributed by atoms with Crippen LogP contribution in [-0.4, -0.2) is 42.5 Å². The van der Waals surface area contributed by atoms with Gasteiger partial charge in [0.05, 0.1) is 6.61 Å². The third-order valence-corrected chi connectivity index (χ3v) is 3.46. The fraction of sp³-hybridized carbons (Fsp3) is 0.909. The number of carbonyl (C=O) groups is 1. The zero-order chi connectivity index (χ0) is 11.3. The van der Waals surface area contributed by atoms with E-state index in [1.165, 1.54) is 0 Å². The number of hydrogen-bond acceptors (Lipinski definition) is 2. The van der Waals surface area contributed by atoms with E-state index in [0.717, 1.165) is 32.5 Å². The van der Waals surface area contributed by atoms with E-state index in [2.05, 4.69) is 0 Å². The second-order valence-electron chi connectivity index (χ2n) is 3.89. The first-order chi connectivity index (χ1) is 7.20. The van der Waals surface area contributed by atoms with E-state index in [1.54, 1.807) is 4.90 Å². The third kappa shape index (κ3) is 3.35. The highest BCUT2D eigenvalue weighted by Gasteiger charge is 2.30. The van der Waals surface area contributed by atoms with Gasteiger partial charge in [-0.1, -0.05) is 0 Å². The van der Waals surface area contributed by atoms with Crippen molar-refractivity contribution >= 4 is 17.5 Å². The average Bonchev–Trinajstić information content (AvgIpc) is 2.30. The molecule has 1 rings (SSSR count). The highest BCUT2D eigenvalue weighted by molar-refractivity contribution is 6.30. The van der Waals surface area contributed by atoms with Crippen molar-refractivity contribution in [1.29, 1.82) is 0 Å². The van der Waals surface area contributed by atoms with Crippen LogP contribution >= 0.6 is 11.6 Å². The molecule has 0 aromatic heterocycles. The average molecular weight is 234 g/mol. The Kier molecular flexibility index (Phi) is 5.40. The molecule has 0 N–H and O–H groups in total. The Bertz CT molecular complexity index is 201. The molecule has 4 heteroatoms. The number of alkyl halides is 1. The van der Waals surface area contributed by atoms with Gasteiger partial charge in [0, 0.05) is 25.6 Å². The van der Waals surface area contributed by atoms with Gasteiger partial charge in [-0.05, 0) is 26.7 Å². The number of amides is 1. The molecule has 3 nitrogen and oxygen atoms in total. The predicted octanol–water partition coefficient (Wildman–Crippen LogP) is 1.89. The molecule has 1 amide bonds. The number of carbonyl (C=O) groups excluding carboxylic acids is 1. The maximum absolute atomic E-state index is 11.9. The first-order valence-corrected chi connectivity index (χ1v) is 6.14. The summed E-state index contributed by atoms with van der Waals surface area (Å²) in [6.45, 7) is 6.84. The second-order valence-corrected chi connectivity index (χ2v) is 4.36. The fourth-order valence-corrected chi connectivity index (χ4v) is 2.24. The van der Waals surface area contributed by atoms with Crippen LogP contribution < -0.4 is 0 Å². The summed E-state index contributed by atoms with van der Waals surface area (Å²) in [5.41, 5.74) is 0. The molecule has 1 fully saturated rings. The van der Waals surface area contributed by atoms with E-state index >= 15 is 0 Å². The zero-order valence-electron chi connectivity index (χ0n) is 9.54. The van der Waals surface area contributed by atoms with E-state index in [0.29, 0.717) is 6.61 Å². The van der Waals surface area contributed by atoms with Crippen molar-refractivity contribution in [2.24, 2.45) is 5.92 Å². The summed E-state index contributed by atoms with van der Waals surface area (Å²) in [5, 5.41) is -0.412. The summed E-state index contributed by atoms with van der Waals surface area (Å²) >= 11 is 6.19. The van der Waals surface area contributed by atoms with E-state index in [-0.39, 0.29) is 11.8 Å². The van der Waals surface area contributed by atoms with Crippen LogP contribution in [-0.2, 0) is 9.53 Å². The van der Waals surface area contributed by atoms with Crippen LogP contribution in [0.25, 0.3) is 0 Å². The summed E-state index contributed by atoms with van der Waals surface area (Å²) in [6, 6.07) is 0. The van der Waals surface area contributed by atoms with Gasteiger partial charge in [-0.15, -0.1) is 11.6 Å². The molecule has 0 aromatic rings. The molecule has 1 aliphatic heterocycles. The molecule has 0 bridgehead atoms. The Balaban J connectivity index is 2.49. The standard InChI is InChI=1S/C11H20ClNO2/c1-3-13(4-2)11(14)10(12)9-6-5-7-15-8-9/h9-10H,3-8H2,1-2H3. The predicted molar refractivity (Wildman–Crippen MR) is 61.1 cm³/mol. The lowest BCUT2D eigenvalue weighted by molar-refractivity contribution is -0.132. The molecule has 88 valence electrons. The number of halogens is 1. The Morgan fingerprint density at radius 1 is 1.53 bits per heavy atom. The van der Waals surface area contributed by atoms with E-state index in [1.807, 2.05) is 13.8 Å². The normalized spacial score (nSPS) is 23.5. The monoisotopic (exact) mass is 233 g/mol. The van der Waals surface area contributed by atoms with Crippen molar-refractivity contribution in [1.82, 2.24) is 4.90 Å². The summed E-state index contributed by atoms with van der Waals surface area (Å²) in [6.07, 6.45) is 2.01. The van der Waals surface area contributed by atoms with Gasteiger partial charge in [0.2, 0.25) is 5.91 Å². The van der Waals surface area contributed by atoms with E-state index < -0.39 is 5.38 Å². The minimum atomic E-state index is -0.412. The fourth-order valence-electron chi connectivity index (χ4n) is 1.91. The van der Waals surface area contributed by atoms with Gasteiger partial charge in [-0.2, -0.15) is 0 Å². The molecule has 0 radical (unpaired) electrons. The molecule has 2 unspecified atom stereocenters. The van der Waals surface area contributed by atoms with Crippen LogP contribution in [0.15, 0.2) is 0 Å². The van der Waals surface area contributed by atoms with E-state index in [9.17, 15) is 4.79 Å². The Morgan fingerprint density at radius 2 is 2.20 bits per heavy atom. The molecule has 0 aromatic carbocycles. The molecule has 1 heterocycles. The highest BCUT2D eigenvalue weighted by Crippen LogP contribution is 2.23. The summed E-state index contributed by atoms with van der Waals surface area (Å²) in [5.74, 6) is 0.241. The first kappa shape index (κ1) is 12.8. The van der Waals surface area contributed by atoms with Crippen LogP contribution in [0.2, 0.25) is 0 Å². The lowest BCUT2D eigenvalue weighted by Gasteiger charge is -2.29. The van der Waals surface area contributed by atoms with Crippen molar-refractivity contribution in [2.45, 2.75) is 32.1 Å². The summed E-state index contributed by atoms with van der Waals surface area (Å²) in [4.78, 5) is 13.7. The largest absolute Gasteiger partial charge is 0.381 e. The van der Waals surface area contributed by atoms with Gasteiger partial charge < -0.3 is 9.64 Å². The minimum Gasteiger partial charge on any atom is -0.381 e. The second kappa shape index (κ2) is 6.33. The van der Waals surface area contributed by atoms with E-state index in [4.69, 9.17) is 16.3 Å². The van der Waals surface area contributed by atoms with Gasteiger partial charge in [0.25, 0.3) is 0 Å². The zero-order valence-corrected chi connectivity index (χ0v) is 10.3. The molecule has 0 saturated carbocycles. The number of rotatable bonds is 4. The SMILES string of the molecule is CCN(CC)C(=O)C(Cl)C1CCCOC1. The van der Waals surface area contributed by atoms with Gasteiger partial charge in [-0.3, -0.25) is 4.79 Å². The number of hydrogen-bond donors (Lipinski definition) is 0. The smallest absolute Gasteiger partial charge is 0.240 e. The maximum atomic E-state index is 11.9. The van der Waals surface area contributed by atoms with Crippen molar-refractivity contribution in [3.8, 4) is 0 Å². The number of nitrogens with zero attached hydrogens (tertiary/aromatic N) is 1. The molecular weight excluding hydrogens is 214 g/mol. The van der Waals surface area contributed by atoms with Gasteiger partial charge in [0.1, 0.15) is 5.38 Å². The number of ether oxygens (including phenoxy) is 1. The van der Waals surface area contributed by atoms with Gasteiger partial charge in [0.15, 0.2) is 0 Å². The van der Waals surface area contributed by atoms with Crippen molar-refractivity contribution in [2.75, 3.05) is 26.3 Å². The lowest BCUT2D eigenvalue weighted by atomic mass is 9.97. The molecule has 0 aliphatic carbocycles. The van der Waals surface area contributed by atoms with Crippen LogP contribution in [0.1, 0.15) is 26.7 Å². The van der Waals surface area contributed by atoms with Crippen LogP contribution in [0, 0.1) is 5.92 Å². The Labute approximate surface area is 96.7 Å². The molecule has 2 atom stereocenters. The van der Waals surface area contributed by atoms with Gasteiger partial charge >= 0.3 is 0 Å². The molecule has 1 saturated heterocycles. The summed E-state index contributed by atoms with van der Waals surface area (Å²) in [7, 11) is 0. The quantitative estimate of drug-likeness (QED) is 0.694. The van der Waals surface area contributed by atoms with Crippen molar-refractivity contribution < 1.29 is 9.53 Å². The molecule has 15 heavy (non-hydrogen) atoms. The van der Waals surface area contributed by atoms with Crippen LogP contribution in [0.5, 0.6) is 0 Å². The molecule has 0 spiro atoms. The van der Waals surface area contributed by atoms with Crippen LogP contribution in [0.3, 0.4) is 0 Å². The minimum absolute atomic E-state index is 0.0529. The lowest BCUT2D eigenvalue weighted by Crippen LogP contribution is -2.41. The van der Waals surface area contributed by atoms with Crippen molar-refractivity contribution in [3.05, 3.63) is 0 Å². The molecule has 1 aliphatic rings. The third-order valence-electron chi connectivity index (χ3n) is 2.92. The highest BCUT2D eigenvalue weighted by atomic mass is 35.5. The first-order valence-electron chi connectivity index (χ1n) is 5.71. The maximum Gasteiger partial charge on any atom is 0.240 e. The van der Waals surface area contributed by atoms with Crippen molar-refractivity contribution in [3.63, 3.8) is 0 Å². The Morgan fingerprint density at radius 3 is 2.67 bits per heavy atom.